The van der Waals surface area contributed by atoms with Crippen LogP contribution >= 0.6 is 0 Å². The van der Waals surface area contributed by atoms with Gasteiger partial charge in [-0.2, -0.15) is 0 Å². The van der Waals surface area contributed by atoms with Crippen LogP contribution in [-0.4, -0.2) is 18.9 Å². The van der Waals surface area contributed by atoms with Gasteiger partial charge in [-0.25, -0.2) is 4.79 Å². The van der Waals surface area contributed by atoms with Crippen LogP contribution in [0.15, 0.2) is 11.6 Å². The lowest BCUT2D eigenvalue weighted by Crippen LogP contribution is -2.24. The number of ether oxygens (including phenoxy) is 1. The van der Waals surface area contributed by atoms with Gasteiger partial charge in [0.1, 0.15) is 5.78 Å². The predicted molar refractivity (Wildman–Crippen MR) is 55.1 cm³/mol. The summed E-state index contributed by atoms with van der Waals surface area (Å²) >= 11 is 0. The second kappa shape index (κ2) is 3.80. The zero-order chi connectivity index (χ0) is 11.0. The van der Waals surface area contributed by atoms with Gasteiger partial charge in [0.25, 0.3) is 0 Å². The fourth-order valence-corrected chi connectivity index (χ4v) is 3.04. The number of hydrogen-bond acceptors (Lipinski definition) is 3. The van der Waals surface area contributed by atoms with E-state index in [9.17, 15) is 9.59 Å². The van der Waals surface area contributed by atoms with Crippen LogP contribution in [0.3, 0.4) is 0 Å². The smallest absolute Gasteiger partial charge is 0.334 e. The molecule has 15 heavy (non-hydrogen) atoms. The summed E-state index contributed by atoms with van der Waals surface area (Å²) in [4.78, 5) is 23.1. The van der Waals surface area contributed by atoms with Crippen LogP contribution in [0.25, 0.3) is 0 Å². The Labute approximate surface area is 89.5 Å². The Kier molecular flexibility index (Phi) is 2.63. The average Bonchev–Trinajstić information content (AvgIpc) is 2.73. The maximum absolute atomic E-state index is 11.6. The number of Topliss-reactive ketones (excluding diaryl/α,β-unsaturated/α-hetero) is 1. The first-order valence-electron chi connectivity index (χ1n) is 5.45. The number of hydrogen-bond donors (Lipinski definition) is 0. The molecule has 0 saturated heterocycles. The summed E-state index contributed by atoms with van der Waals surface area (Å²) in [5.74, 6) is 0.347. The molecule has 1 fully saturated rings. The molecule has 0 aromatic heterocycles. The molecule has 0 N–H and O–H groups in total. The molecular weight excluding hydrogens is 192 g/mol. The van der Waals surface area contributed by atoms with Crippen molar-refractivity contribution in [2.24, 2.45) is 17.8 Å². The molecular formula is C12H16O3. The minimum absolute atomic E-state index is 0.0982. The predicted octanol–water partition coefficient (Wildman–Crippen LogP) is 1.72. The summed E-state index contributed by atoms with van der Waals surface area (Å²) in [6, 6.07) is 0. The van der Waals surface area contributed by atoms with Crippen molar-refractivity contribution < 1.29 is 14.3 Å². The third-order valence-electron chi connectivity index (χ3n) is 3.64. The Balaban J connectivity index is 2.28. The van der Waals surface area contributed by atoms with E-state index in [-0.39, 0.29) is 17.7 Å². The van der Waals surface area contributed by atoms with Crippen molar-refractivity contribution in [1.29, 1.82) is 0 Å². The number of carbonyl (C=O) groups excluding carboxylic acids is 2. The van der Waals surface area contributed by atoms with Gasteiger partial charge in [0.2, 0.25) is 0 Å². The number of esters is 1. The summed E-state index contributed by atoms with van der Waals surface area (Å²) in [5, 5.41) is 0. The minimum Gasteiger partial charge on any atom is -0.466 e. The molecule has 0 aromatic carbocycles. The van der Waals surface area contributed by atoms with Crippen LogP contribution in [0, 0.1) is 17.8 Å². The Morgan fingerprint density at radius 1 is 1.40 bits per heavy atom. The van der Waals surface area contributed by atoms with Gasteiger partial charge >= 0.3 is 5.97 Å². The molecule has 2 rings (SSSR count). The lowest BCUT2D eigenvalue weighted by Gasteiger charge is -2.18. The molecule has 0 bridgehead atoms. The normalized spacial score (nSPS) is 33.5. The molecule has 2 aliphatic rings. The molecule has 0 radical (unpaired) electrons. The molecule has 3 heteroatoms. The molecule has 0 unspecified atom stereocenters. The van der Waals surface area contributed by atoms with Crippen molar-refractivity contribution in [3.63, 3.8) is 0 Å². The number of allylic oxidation sites excluding steroid dienone is 1. The Bertz CT molecular complexity index is 330. The van der Waals surface area contributed by atoms with Crippen LogP contribution in [0.2, 0.25) is 0 Å². The topological polar surface area (TPSA) is 43.4 Å². The second-order valence-corrected chi connectivity index (χ2v) is 4.46. The van der Waals surface area contributed by atoms with Crippen molar-refractivity contribution in [2.45, 2.75) is 26.2 Å². The van der Waals surface area contributed by atoms with E-state index in [1.807, 2.05) is 6.08 Å². The van der Waals surface area contributed by atoms with Gasteiger partial charge in [-0.3, -0.25) is 4.79 Å². The summed E-state index contributed by atoms with van der Waals surface area (Å²) in [6.45, 7) is 1.57. The zero-order valence-corrected chi connectivity index (χ0v) is 9.16. The first-order chi connectivity index (χ1) is 7.15. The standard InChI is InChI=1S/C12H16O3/c1-7(13)11-9-5-3-4-8(9)6-10(11)12(14)15-2/h6,8-9,11H,3-5H2,1-2H3/t8-,9-,11+/m1/s1. The highest BCUT2D eigenvalue weighted by Gasteiger charge is 2.44. The van der Waals surface area contributed by atoms with E-state index in [0.717, 1.165) is 12.8 Å². The molecule has 3 atom stereocenters. The number of methoxy groups -OCH3 is 1. The third-order valence-corrected chi connectivity index (χ3v) is 3.64. The fraction of sp³-hybridized carbons (Fsp3) is 0.667. The molecule has 0 aromatic rings. The van der Waals surface area contributed by atoms with Gasteiger partial charge in [-0.05, 0) is 31.6 Å². The van der Waals surface area contributed by atoms with Crippen LogP contribution in [0.1, 0.15) is 26.2 Å². The van der Waals surface area contributed by atoms with E-state index < -0.39 is 0 Å². The zero-order valence-electron chi connectivity index (χ0n) is 9.16. The summed E-state index contributed by atoms with van der Waals surface area (Å²) in [7, 11) is 1.37. The Morgan fingerprint density at radius 3 is 2.73 bits per heavy atom. The maximum Gasteiger partial charge on any atom is 0.334 e. The summed E-state index contributed by atoms with van der Waals surface area (Å²) in [6.07, 6.45) is 5.31. The van der Waals surface area contributed by atoms with Crippen molar-refractivity contribution in [3.8, 4) is 0 Å². The lowest BCUT2D eigenvalue weighted by atomic mass is 9.85. The van der Waals surface area contributed by atoms with Gasteiger partial charge < -0.3 is 4.74 Å². The van der Waals surface area contributed by atoms with Gasteiger partial charge in [0.15, 0.2) is 0 Å². The van der Waals surface area contributed by atoms with Crippen LogP contribution < -0.4 is 0 Å². The minimum atomic E-state index is -0.329. The van der Waals surface area contributed by atoms with Crippen LogP contribution in [-0.2, 0) is 14.3 Å². The maximum atomic E-state index is 11.6. The number of fused-ring (bicyclic) bond motifs is 1. The van der Waals surface area contributed by atoms with E-state index in [2.05, 4.69) is 0 Å². The highest BCUT2D eigenvalue weighted by atomic mass is 16.5. The third kappa shape index (κ3) is 1.60. The first-order valence-corrected chi connectivity index (χ1v) is 5.45. The van der Waals surface area contributed by atoms with E-state index in [1.54, 1.807) is 6.92 Å². The van der Waals surface area contributed by atoms with Gasteiger partial charge in [0.05, 0.1) is 13.0 Å². The molecule has 82 valence electrons. The van der Waals surface area contributed by atoms with E-state index in [0.29, 0.717) is 17.4 Å². The van der Waals surface area contributed by atoms with E-state index in [4.69, 9.17) is 4.74 Å². The fourth-order valence-electron chi connectivity index (χ4n) is 3.04. The van der Waals surface area contributed by atoms with Crippen molar-refractivity contribution in [3.05, 3.63) is 11.6 Å². The SMILES string of the molecule is COC(=O)C1=C[C@H]2CCC[C@H]2[C@@H]1C(C)=O. The largest absolute Gasteiger partial charge is 0.466 e. The van der Waals surface area contributed by atoms with Crippen molar-refractivity contribution in [2.75, 3.05) is 7.11 Å². The Morgan fingerprint density at radius 2 is 2.13 bits per heavy atom. The molecule has 0 heterocycles. The summed E-state index contributed by atoms with van der Waals surface area (Å²) < 4.78 is 4.72. The molecule has 0 amide bonds. The van der Waals surface area contributed by atoms with Gasteiger partial charge in [0, 0.05) is 5.57 Å². The first kappa shape index (κ1) is 10.4. The lowest BCUT2D eigenvalue weighted by molar-refractivity contribution is -0.138. The molecule has 1 saturated carbocycles. The highest BCUT2D eigenvalue weighted by molar-refractivity contribution is 5.98. The van der Waals surface area contributed by atoms with Crippen molar-refractivity contribution >= 4 is 11.8 Å². The molecule has 2 aliphatic carbocycles. The molecule has 0 spiro atoms. The van der Waals surface area contributed by atoms with E-state index in [1.165, 1.54) is 13.5 Å². The van der Waals surface area contributed by atoms with E-state index >= 15 is 0 Å². The van der Waals surface area contributed by atoms with Crippen LogP contribution in [0.4, 0.5) is 0 Å². The molecule has 3 nitrogen and oxygen atoms in total. The highest BCUT2D eigenvalue weighted by Crippen LogP contribution is 2.47. The Hall–Kier alpha value is -1.12. The number of rotatable bonds is 2. The monoisotopic (exact) mass is 208 g/mol. The quantitative estimate of drug-likeness (QED) is 0.649. The summed E-state index contributed by atoms with van der Waals surface area (Å²) in [5.41, 5.74) is 0.597. The second-order valence-electron chi connectivity index (χ2n) is 4.46. The van der Waals surface area contributed by atoms with Gasteiger partial charge in [-0.15, -0.1) is 0 Å². The average molecular weight is 208 g/mol. The van der Waals surface area contributed by atoms with Gasteiger partial charge in [-0.1, -0.05) is 12.5 Å². The van der Waals surface area contributed by atoms with Crippen LogP contribution in [0.5, 0.6) is 0 Å². The van der Waals surface area contributed by atoms with Crippen molar-refractivity contribution in [1.82, 2.24) is 0 Å². The number of ketones is 1. The molecule has 0 aliphatic heterocycles. The number of carbonyl (C=O) groups is 2.